The molecule has 1 aliphatic rings. The number of aromatic nitrogens is 2. The van der Waals surface area contributed by atoms with Crippen LogP contribution in [0.5, 0.6) is 5.88 Å². The molecule has 9 nitrogen and oxygen atoms in total. The Labute approximate surface area is 249 Å². The number of nitrogens with one attached hydrogen (secondary N) is 2. The largest absolute Gasteiger partial charge is 0.414 e. The Morgan fingerprint density at radius 1 is 0.952 bits per heavy atom. The third kappa shape index (κ3) is 8.28. The number of ether oxygens (including phenoxy) is 1. The summed E-state index contributed by atoms with van der Waals surface area (Å²) in [6.07, 6.45) is 4.84. The van der Waals surface area contributed by atoms with Gasteiger partial charge in [-0.3, -0.25) is 4.79 Å². The minimum Gasteiger partial charge on any atom is -0.391 e. The van der Waals surface area contributed by atoms with Crippen LogP contribution in [0.2, 0.25) is 0 Å². The maximum Gasteiger partial charge on any atom is 0.414 e. The lowest BCUT2D eigenvalue weighted by molar-refractivity contribution is 0.0779. The first-order valence-corrected chi connectivity index (χ1v) is 15.1. The van der Waals surface area contributed by atoms with E-state index in [0.717, 1.165) is 62.0 Å². The van der Waals surface area contributed by atoms with Crippen molar-refractivity contribution in [1.82, 2.24) is 25.1 Å². The van der Waals surface area contributed by atoms with Gasteiger partial charge in [-0.25, -0.2) is 9.78 Å². The second-order valence-corrected chi connectivity index (χ2v) is 11.0. The average Bonchev–Trinajstić information content (AvgIpc) is 2.99. The minimum absolute atomic E-state index is 0.0264. The summed E-state index contributed by atoms with van der Waals surface area (Å²) in [6.45, 7) is 11.8. The van der Waals surface area contributed by atoms with Gasteiger partial charge in [0.2, 0.25) is 11.8 Å². The number of carbonyl (C=O) groups is 2. The van der Waals surface area contributed by atoms with E-state index < -0.39 is 6.09 Å². The van der Waals surface area contributed by atoms with Gasteiger partial charge in [0.1, 0.15) is 0 Å². The molecular weight excluding hydrogens is 528 g/mol. The van der Waals surface area contributed by atoms with Crippen LogP contribution in [-0.2, 0) is 0 Å². The van der Waals surface area contributed by atoms with Gasteiger partial charge in [0.05, 0.1) is 5.69 Å². The molecule has 2 N–H and O–H groups in total. The zero-order chi connectivity index (χ0) is 30.1. The molecule has 0 radical (unpaired) electrons. The average molecular weight is 573 g/mol. The summed E-state index contributed by atoms with van der Waals surface area (Å²) in [5.74, 6) is 0.434. The monoisotopic (exact) mass is 572 g/mol. The molecule has 0 bridgehead atoms. The van der Waals surface area contributed by atoms with Crippen LogP contribution in [0.25, 0.3) is 11.3 Å². The van der Waals surface area contributed by atoms with Crippen molar-refractivity contribution in [3.05, 3.63) is 65.2 Å². The van der Waals surface area contributed by atoms with E-state index >= 15 is 0 Å². The van der Waals surface area contributed by atoms with Gasteiger partial charge in [-0.2, -0.15) is 4.98 Å². The summed E-state index contributed by atoms with van der Waals surface area (Å²) in [6, 6.07) is 15.1. The van der Waals surface area contributed by atoms with Crippen molar-refractivity contribution in [1.29, 1.82) is 0 Å². The highest BCUT2D eigenvalue weighted by Crippen LogP contribution is 2.28. The second kappa shape index (κ2) is 14.8. The number of rotatable bonds is 11. The molecule has 9 heteroatoms. The number of anilines is 2. The van der Waals surface area contributed by atoms with Gasteiger partial charge in [-0.05, 0) is 75.2 Å². The van der Waals surface area contributed by atoms with Crippen LogP contribution < -0.4 is 15.4 Å². The molecule has 1 aliphatic carbocycles. The molecule has 42 heavy (non-hydrogen) atoms. The molecule has 0 aliphatic heterocycles. The SMILES string of the molecule is CCN(CC)CCN(C)C(=O)c1ccc(Nc2nc(OC(=O)NC3CCCCC3)cc(-c3cccc(C)c3C)n2)cc1. The van der Waals surface area contributed by atoms with E-state index in [0.29, 0.717) is 29.4 Å². The molecule has 0 unspecified atom stereocenters. The highest BCUT2D eigenvalue weighted by atomic mass is 16.6. The Morgan fingerprint density at radius 2 is 1.67 bits per heavy atom. The van der Waals surface area contributed by atoms with E-state index in [9.17, 15) is 9.59 Å². The lowest BCUT2D eigenvalue weighted by Gasteiger charge is -2.23. The van der Waals surface area contributed by atoms with Crippen LogP contribution in [0.15, 0.2) is 48.5 Å². The van der Waals surface area contributed by atoms with Crippen LogP contribution in [0.4, 0.5) is 16.4 Å². The Bertz CT molecular complexity index is 1350. The number of benzene rings is 2. The molecule has 1 saturated carbocycles. The zero-order valence-corrected chi connectivity index (χ0v) is 25.6. The third-order valence-electron chi connectivity index (χ3n) is 8.09. The van der Waals surface area contributed by atoms with Crippen LogP contribution in [0.1, 0.15) is 67.4 Å². The van der Waals surface area contributed by atoms with E-state index in [2.05, 4.69) is 47.4 Å². The van der Waals surface area contributed by atoms with Gasteiger partial charge in [-0.1, -0.05) is 51.3 Å². The van der Waals surface area contributed by atoms with E-state index in [1.54, 1.807) is 23.1 Å². The topological polar surface area (TPSA) is 99.7 Å². The fourth-order valence-electron chi connectivity index (χ4n) is 5.22. The first kappa shape index (κ1) is 31.0. The Morgan fingerprint density at radius 3 is 2.36 bits per heavy atom. The Hall–Kier alpha value is -3.98. The summed E-state index contributed by atoms with van der Waals surface area (Å²) >= 11 is 0. The summed E-state index contributed by atoms with van der Waals surface area (Å²) < 4.78 is 5.67. The first-order chi connectivity index (χ1) is 20.3. The molecule has 224 valence electrons. The van der Waals surface area contributed by atoms with Crippen molar-refractivity contribution in [3.63, 3.8) is 0 Å². The number of aryl methyl sites for hydroxylation is 1. The predicted molar refractivity (Wildman–Crippen MR) is 167 cm³/mol. The number of likely N-dealkylation sites (N-methyl/N-ethyl adjacent to an activating group) is 2. The van der Waals surface area contributed by atoms with Gasteiger partial charge >= 0.3 is 6.09 Å². The second-order valence-electron chi connectivity index (χ2n) is 11.0. The molecule has 0 spiro atoms. The van der Waals surface area contributed by atoms with Crippen molar-refractivity contribution in [2.45, 2.75) is 65.8 Å². The van der Waals surface area contributed by atoms with E-state index in [-0.39, 0.29) is 17.8 Å². The molecule has 2 aromatic carbocycles. The molecule has 4 rings (SSSR count). The highest BCUT2D eigenvalue weighted by Gasteiger charge is 2.19. The van der Waals surface area contributed by atoms with Crippen molar-refractivity contribution in [2.75, 3.05) is 38.5 Å². The molecular formula is C33H44N6O3. The van der Waals surface area contributed by atoms with E-state index in [4.69, 9.17) is 9.72 Å². The van der Waals surface area contributed by atoms with E-state index in [1.165, 1.54) is 6.42 Å². The van der Waals surface area contributed by atoms with Crippen LogP contribution in [0, 0.1) is 13.8 Å². The normalized spacial score (nSPS) is 13.6. The number of nitrogens with zero attached hydrogens (tertiary/aromatic N) is 4. The number of carbonyl (C=O) groups excluding carboxylic acids is 2. The molecule has 0 saturated heterocycles. The minimum atomic E-state index is -0.508. The molecule has 1 aromatic heterocycles. The van der Waals surface area contributed by atoms with Crippen molar-refractivity contribution >= 4 is 23.6 Å². The van der Waals surface area contributed by atoms with Crippen molar-refractivity contribution < 1.29 is 14.3 Å². The predicted octanol–water partition coefficient (Wildman–Crippen LogP) is 6.34. The molecule has 1 heterocycles. The maximum atomic E-state index is 13.0. The van der Waals surface area contributed by atoms with Crippen molar-refractivity contribution in [2.24, 2.45) is 0 Å². The molecule has 3 aromatic rings. The lowest BCUT2D eigenvalue weighted by atomic mass is 9.96. The van der Waals surface area contributed by atoms with Crippen LogP contribution in [0.3, 0.4) is 0 Å². The van der Waals surface area contributed by atoms with Gasteiger partial charge in [0, 0.05) is 49.1 Å². The van der Waals surface area contributed by atoms with Gasteiger partial charge in [0.25, 0.3) is 5.91 Å². The zero-order valence-electron chi connectivity index (χ0n) is 25.6. The number of hydrogen-bond acceptors (Lipinski definition) is 7. The fraction of sp³-hybridized carbons (Fsp3) is 0.455. The smallest absolute Gasteiger partial charge is 0.391 e. The van der Waals surface area contributed by atoms with Gasteiger partial charge in [-0.15, -0.1) is 0 Å². The number of hydrogen-bond donors (Lipinski definition) is 2. The van der Waals surface area contributed by atoms with Crippen molar-refractivity contribution in [3.8, 4) is 17.1 Å². The van der Waals surface area contributed by atoms with Crippen LogP contribution >= 0.6 is 0 Å². The summed E-state index contributed by atoms with van der Waals surface area (Å²) in [5.41, 5.74) is 5.14. The summed E-state index contributed by atoms with van der Waals surface area (Å²) in [5, 5.41) is 6.21. The lowest BCUT2D eigenvalue weighted by Crippen LogP contribution is -2.38. The standard InChI is InChI=1S/C33H44N6O3/c1-6-39(7-2)21-20-38(5)31(40)25-16-18-27(19-17-25)34-32-36-29(28-15-11-12-23(3)24(28)4)22-30(37-32)42-33(41)35-26-13-9-8-10-14-26/h11-12,15-19,22,26H,6-10,13-14,20-21H2,1-5H3,(H,35,41)(H,34,36,37). The van der Waals surface area contributed by atoms with Gasteiger partial charge in [0.15, 0.2) is 0 Å². The Kier molecular flexibility index (Phi) is 10.9. The quantitative estimate of drug-likeness (QED) is 0.277. The third-order valence-corrected chi connectivity index (χ3v) is 8.09. The van der Waals surface area contributed by atoms with Crippen LogP contribution in [-0.4, -0.2) is 71.0 Å². The highest BCUT2D eigenvalue weighted by molar-refractivity contribution is 5.94. The van der Waals surface area contributed by atoms with E-state index in [1.807, 2.05) is 38.2 Å². The summed E-state index contributed by atoms with van der Waals surface area (Å²) in [7, 11) is 1.83. The van der Waals surface area contributed by atoms with Gasteiger partial charge < -0.3 is 25.2 Å². The maximum absolute atomic E-state index is 13.0. The summed E-state index contributed by atoms with van der Waals surface area (Å²) in [4.78, 5) is 39.0. The molecule has 0 atom stereocenters. The fourth-order valence-corrected chi connectivity index (χ4v) is 5.22. The Balaban J connectivity index is 1.51. The molecule has 1 fully saturated rings. The number of amides is 2. The molecule has 2 amide bonds. The first-order valence-electron chi connectivity index (χ1n) is 15.1.